The van der Waals surface area contributed by atoms with Crippen molar-refractivity contribution in [2.24, 2.45) is 0 Å². The molecule has 0 saturated carbocycles. The molecule has 36 heavy (non-hydrogen) atoms. The molecular formula is C29H27NO6. The van der Waals surface area contributed by atoms with Crippen LogP contribution in [0, 0.1) is 0 Å². The first kappa shape index (κ1) is 24.7. The maximum absolute atomic E-state index is 13.0. The predicted octanol–water partition coefficient (Wildman–Crippen LogP) is 4.99. The molecule has 2 heterocycles. The maximum atomic E-state index is 13.0. The highest BCUT2D eigenvalue weighted by Crippen LogP contribution is 2.40. The highest BCUT2D eigenvalue weighted by molar-refractivity contribution is 6.00. The van der Waals surface area contributed by atoms with E-state index in [-0.39, 0.29) is 18.6 Å². The fourth-order valence-electron chi connectivity index (χ4n) is 4.38. The lowest BCUT2D eigenvalue weighted by atomic mass is 9.80. The Morgan fingerprint density at radius 3 is 2.28 bits per heavy atom. The first-order chi connectivity index (χ1) is 17.3. The summed E-state index contributed by atoms with van der Waals surface area (Å²) < 4.78 is 16.6. The molecule has 2 aromatic carbocycles. The minimum atomic E-state index is -0.708. The Kier molecular flexibility index (Phi) is 7.20. The lowest BCUT2D eigenvalue weighted by Gasteiger charge is -2.30. The second-order valence-corrected chi connectivity index (χ2v) is 8.34. The van der Waals surface area contributed by atoms with Gasteiger partial charge in [0.25, 0.3) is 0 Å². The standard InChI is InChI=1S/C29H27NO6/c1-5-15-35-29(33)26-18(4)30-17(3)25(28(32)34-6-2)27(26)20-13-11-19(12-14-20)24-16-22(31)21-9-7-8-10-23(21)36-24/h5,7-14,16,27,30H,1,6,15H2,2-4H3. The Hall–Kier alpha value is -4.39. The zero-order chi connectivity index (χ0) is 25.8. The lowest BCUT2D eigenvalue weighted by molar-refractivity contribution is -0.139. The number of esters is 2. The van der Waals surface area contributed by atoms with Gasteiger partial charge in [0.15, 0.2) is 5.43 Å². The van der Waals surface area contributed by atoms with Crippen molar-refractivity contribution in [2.75, 3.05) is 13.2 Å². The highest BCUT2D eigenvalue weighted by atomic mass is 16.5. The Balaban J connectivity index is 1.79. The van der Waals surface area contributed by atoms with Gasteiger partial charge in [0.05, 0.1) is 29.1 Å². The number of allylic oxidation sites excluding steroid dienone is 2. The van der Waals surface area contributed by atoms with E-state index in [4.69, 9.17) is 13.9 Å². The van der Waals surface area contributed by atoms with Gasteiger partial charge in [-0.1, -0.05) is 49.1 Å². The fraction of sp³-hybridized carbons (Fsp3) is 0.207. The van der Waals surface area contributed by atoms with E-state index in [0.29, 0.717) is 50.4 Å². The molecular weight excluding hydrogens is 458 g/mol. The predicted molar refractivity (Wildman–Crippen MR) is 137 cm³/mol. The van der Waals surface area contributed by atoms with Crippen molar-refractivity contribution in [1.29, 1.82) is 0 Å². The van der Waals surface area contributed by atoms with E-state index in [1.165, 1.54) is 12.1 Å². The van der Waals surface area contributed by atoms with Gasteiger partial charge in [-0.3, -0.25) is 4.79 Å². The Bertz CT molecular complexity index is 1460. The zero-order valence-corrected chi connectivity index (χ0v) is 20.4. The van der Waals surface area contributed by atoms with Gasteiger partial charge in [-0.05, 0) is 38.5 Å². The Labute approximate surface area is 208 Å². The summed E-state index contributed by atoms with van der Waals surface area (Å²) in [5, 5.41) is 3.63. The molecule has 0 saturated heterocycles. The molecule has 1 unspecified atom stereocenters. The monoisotopic (exact) mass is 485 g/mol. The van der Waals surface area contributed by atoms with Crippen molar-refractivity contribution < 1.29 is 23.5 Å². The van der Waals surface area contributed by atoms with Crippen LogP contribution in [0.2, 0.25) is 0 Å². The van der Waals surface area contributed by atoms with Crippen LogP contribution in [-0.2, 0) is 19.1 Å². The summed E-state index contributed by atoms with van der Waals surface area (Å²) in [6.07, 6.45) is 1.48. The van der Waals surface area contributed by atoms with Gasteiger partial charge >= 0.3 is 11.9 Å². The third-order valence-electron chi connectivity index (χ3n) is 5.97. The molecule has 1 aliphatic rings. The molecule has 0 fully saturated rings. The summed E-state index contributed by atoms with van der Waals surface area (Å²) in [6.45, 7) is 9.09. The molecule has 0 amide bonds. The summed E-state index contributed by atoms with van der Waals surface area (Å²) in [5.41, 5.74) is 3.57. The van der Waals surface area contributed by atoms with Crippen LogP contribution in [0.15, 0.2) is 99.0 Å². The Morgan fingerprint density at radius 2 is 1.64 bits per heavy atom. The smallest absolute Gasteiger partial charge is 0.337 e. The number of benzene rings is 2. The molecule has 0 bridgehead atoms. The molecule has 1 aliphatic heterocycles. The molecule has 1 N–H and O–H groups in total. The van der Waals surface area contributed by atoms with Crippen molar-refractivity contribution in [2.45, 2.75) is 26.7 Å². The first-order valence-electron chi connectivity index (χ1n) is 11.6. The summed E-state index contributed by atoms with van der Waals surface area (Å²) in [5.74, 6) is -1.35. The zero-order valence-electron chi connectivity index (χ0n) is 20.4. The van der Waals surface area contributed by atoms with Crippen LogP contribution in [0.4, 0.5) is 0 Å². The molecule has 0 spiro atoms. The van der Waals surface area contributed by atoms with E-state index in [1.54, 1.807) is 63.2 Å². The average Bonchev–Trinajstić information content (AvgIpc) is 2.87. The normalized spacial score (nSPS) is 15.5. The summed E-state index contributed by atoms with van der Waals surface area (Å²) >= 11 is 0. The number of carbonyl (C=O) groups excluding carboxylic acids is 2. The summed E-state index contributed by atoms with van der Waals surface area (Å²) in [6, 6.07) is 15.7. The Morgan fingerprint density at radius 1 is 1.00 bits per heavy atom. The molecule has 0 radical (unpaired) electrons. The van der Waals surface area contributed by atoms with Crippen LogP contribution in [-0.4, -0.2) is 25.2 Å². The van der Waals surface area contributed by atoms with Crippen molar-refractivity contribution in [1.82, 2.24) is 5.32 Å². The van der Waals surface area contributed by atoms with Gasteiger partial charge < -0.3 is 19.2 Å². The van der Waals surface area contributed by atoms with Crippen LogP contribution in [0.3, 0.4) is 0 Å². The van der Waals surface area contributed by atoms with Gasteiger partial charge in [0.2, 0.25) is 0 Å². The van der Waals surface area contributed by atoms with Gasteiger partial charge in [0.1, 0.15) is 18.0 Å². The number of hydrogen-bond donors (Lipinski definition) is 1. The summed E-state index contributed by atoms with van der Waals surface area (Å²) in [4.78, 5) is 38.6. The van der Waals surface area contributed by atoms with Crippen LogP contribution >= 0.6 is 0 Å². The van der Waals surface area contributed by atoms with Gasteiger partial charge in [-0.2, -0.15) is 0 Å². The van der Waals surface area contributed by atoms with Crippen molar-refractivity contribution in [3.63, 3.8) is 0 Å². The largest absolute Gasteiger partial charge is 0.463 e. The van der Waals surface area contributed by atoms with E-state index in [0.717, 1.165) is 0 Å². The number of dihydropyridines is 1. The molecule has 7 nitrogen and oxygen atoms in total. The van der Waals surface area contributed by atoms with Gasteiger partial charge in [-0.15, -0.1) is 0 Å². The van der Waals surface area contributed by atoms with Gasteiger partial charge in [-0.25, -0.2) is 9.59 Å². The molecule has 3 aromatic rings. The summed E-state index contributed by atoms with van der Waals surface area (Å²) in [7, 11) is 0. The van der Waals surface area contributed by atoms with E-state index in [1.807, 2.05) is 6.07 Å². The second-order valence-electron chi connectivity index (χ2n) is 8.34. The third-order valence-corrected chi connectivity index (χ3v) is 5.97. The minimum absolute atomic E-state index is 0.0414. The first-order valence-corrected chi connectivity index (χ1v) is 11.6. The number of para-hydroxylation sites is 1. The van der Waals surface area contributed by atoms with Crippen LogP contribution in [0.5, 0.6) is 0 Å². The second kappa shape index (κ2) is 10.5. The fourth-order valence-corrected chi connectivity index (χ4v) is 4.38. The average molecular weight is 486 g/mol. The highest BCUT2D eigenvalue weighted by Gasteiger charge is 2.37. The molecule has 184 valence electrons. The lowest BCUT2D eigenvalue weighted by Crippen LogP contribution is -2.32. The number of fused-ring (bicyclic) bond motifs is 1. The SMILES string of the molecule is C=CCOC(=O)C1=C(C)NC(C)=C(C(=O)OCC)C1c1ccc(-c2cc(=O)c3ccccc3o2)cc1. The number of nitrogens with one attached hydrogen (secondary N) is 1. The quantitative estimate of drug-likeness (QED) is 0.372. The number of carbonyl (C=O) groups is 2. The maximum Gasteiger partial charge on any atom is 0.337 e. The van der Waals surface area contributed by atoms with Crippen molar-refractivity contribution >= 4 is 22.9 Å². The third kappa shape index (κ3) is 4.73. The molecule has 1 aromatic heterocycles. The van der Waals surface area contributed by atoms with E-state index >= 15 is 0 Å². The minimum Gasteiger partial charge on any atom is -0.463 e. The van der Waals surface area contributed by atoms with Crippen LogP contribution in [0.1, 0.15) is 32.3 Å². The van der Waals surface area contributed by atoms with Crippen molar-refractivity contribution in [3.8, 4) is 11.3 Å². The van der Waals surface area contributed by atoms with E-state index in [2.05, 4.69) is 11.9 Å². The molecule has 4 rings (SSSR count). The number of rotatable bonds is 7. The van der Waals surface area contributed by atoms with Gasteiger partial charge in [0, 0.05) is 23.0 Å². The van der Waals surface area contributed by atoms with E-state index in [9.17, 15) is 14.4 Å². The van der Waals surface area contributed by atoms with E-state index < -0.39 is 17.9 Å². The van der Waals surface area contributed by atoms with Crippen LogP contribution in [0.25, 0.3) is 22.3 Å². The number of ether oxygens (including phenoxy) is 2. The topological polar surface area (TPSA) is 94.8 Å². The number of hydrogen-bond acceptors (Lipinski definition) is 7. The van der Waals surface area contributed by atoms with Crippen molar-refractivity contribution in [3.05, 3.63) is 106 Å². The molecule has 0 aliphatic carbocycles. The van der Waals surface area contributed by atoms with Crippen LogP contribution < -0.4 is 10.7 Å². The molecule has 7 heteroatoms. The molecule has 1 atom stereocenters.